The van der Waals surface area contributed by atoms with Gasteiger partial charge in [-0.3, -0.25) is 9.59 Å². The zero-order valence-corrected chi connectivity index (χ0v) is 19.6. The van der Waals surface area contributed by atoms with Crippen LogP contribution in [0.2, 0.25) is 5.02 Å². The molecule has 1 N–H and O–H groups in total. The van der Waals surface area contributed by atoms with Crippen LogP contribution in [0.4, 0.5) is 0 Å². The lowest BCUT2D eigenvalue weighted by Crippen LogP contribution is -2.32. The molecule has 1 unspecified atom stereocenters. The van der Waals surface area contributed by atoms with Gasteiger partial charge in [0.15, 0.2) is 11.5 Å². The lowest BCUT2D eigenvalue weighted by Gasteiger charge is -2.25. The second kappa shape index (κ2) is 10.6. The van der Waals surface area contributed by atoms with Crippen molar-refractivity contribution in [2.24, 2.45) is 0 Å². The van der Waals surface area contributed by atoms with E-state index in [0.29, 0.717) is 40.0 Å². The molecule has 1 aliphatic rings. The first-order chi connectivity index (χ1) is 15.9. The van der Waals surface area contributed by atoms with Crippen molar-refractivity contribution in [1.29, 1.82) is 0 Å². The molecule has 0 saturated carbocycles. The standard InChI is InChI=1S/C24H26ClNO7/c1-5-33-19-12-14(7-9-17(19)31-3)21-20(23(28)24(29)26(21)10-11-30-2)22(27)15-6-8-16(25)18(13-15)32-4/h6-9,12-13,21,27H,5,10-11H2,1-4H3/b22-20-. The Morgan fingerprint density at radius 3 is 2.39 bits per heavy atom. The molecule has 1 amide bonds. The maximum atomic E-state index is 13.1. The number of halogens is 1. The number of aliphatic hydroxyl groups is 1. The fraction of sp³-hybridized carbons (Fsp3) is 0.333. The van der Waals surface area contributed by atoms with Crippen LogP contribution in [0, 0.1) is 0 Å². The normalized spacial score (nSPS) is 17.4. The molecule has 33 heavy (non-hydrogen) atoms. The van der Waals surface area contributed by atoms with Gasteiger partial charge < -0.3 is 29.0 Å². The molecule has 8 nitrogen and oxygen atoms in total. The predicted octanol–water partition coefficient (Wildman–Crippen LogP) is 3.82. The largest absolute Gasteiger partial charge is 0.507 e. The molecule has 0 radical (unpaired) electrons. The van der Waals surface area contributed by atoms with Gasteiger partial charge in [-0.05, 0) is 42.8 Å². The minimum atomic E-state index is -0.855. The molecule has 176 valence electrons. The van der Waals surface area contributed by atoms with Gasteiger partial charge in [-0.1, -0.05) is 17.7 Å². The number of Topliss-reactive ketones (excluding diaryl/α,β-unsaturated/α-hetero) is 1. The Bertz CT molecular complexity index is 1080. The quantitative estimate of drug-likeness (QED) is 0.334. The number of rotatable bonds is 9. The number of hydrogen-bond donors (Lipinski definition) is 1. The molecule has 0 aromatic heterocycles. The van der Waals surface area contributed by atoms with Gasteiger partial charge in [-0.15, -0.1) is 0 Å². The average Bonchev–Trinajstić information content (AvgIpc) is 3.07. The van der Waals surface area contributed by atoms with Crippen molar-refractivity contribution in [2.45, 2.75) is 13.0 Å². The number of ether oxygens (including phenoxy) is 4. The van der Waals surface area contributed by atoms with Gasteiger partial charge in [0, 0.05) is 19.2 Å². The van der Waals surface area contributed by atoms with Crippen molar-refractivity contribution in [3.05, 3.63) is 58.1 Å². The number of carbonyl (C=O) groups is 2. The van der Waals surface area contributed by atoms with Crippen LogP contribution in [0.5, 0.6) is 17.2 Å². The first-order valence-electron chi connectivity index (χ1n) is 10.3. The van der Waals surface area contributed by atoms with Gasteiger partial charge in [0.2, 0.25) is 0 Å². The maximum Gasteiger partial charge on any atom is 0.295 e. The van der Waals surface area contributed by atoms with E-state index in [1.165, 1.54) is 32.3 Å². The first-order valence-corrected chi connectivity index (χ1v) is 10.7. The van der Waals surface area contributed by atoms with E-state index in [-0.39, 0.29) is 24.5 Å². The molecule has 3 rings (SSSR count). The van der Waals surface area contributed by atoms with Gasteiger partial charge >= 0.3 is 0 Å². The summed E-state index contributed by atoms with van der Waals surface area (Å²) in [6.07, 6.45) is 0. The van der Waals surface area contributed by atoms with Crippen molar-refractivity contribution >= 4 is 29.1 Å². The van der Waals surface area contributed by atoms with Crippen LogP contribution in [-0.4, -0.2) is 62.8 Å². The van der Waals surface area contributed by atoms with E-state index in [1.54, 1.807) is 30.3 Å². The van der Waals surface area contributed by atoms with E-state index >= 15 is 0 Å². The lowest BCUT2D eigenvalue weighted by atomic mass is 9.95. The highest BCUT2D eigenvalue weighted by Gasteiger charge is 2.46. The maximum absolute atomic E-state index is 13.1. The molecule has 1 heterocycles. The first kappa shape index (κ1) is 24.4. The van der Waals surface area contributed by atoms with Crippen LogP contribution in [0.3, 0.4) is 0 Å². The second-order valence-electron chi connectivity index (χ2n) is 7.18. The van der Waals surface area contributed by atoms with E-state index in [1.807, 2.05) is 6.92 Å². The molecule has 1 atom stereocenters. The van der Waals surface area contributed by atoms with Crippen molar-refractivity contribution < 1.29 is 33.6 Å². The fourth-order valence-corrected chi connectivity index (χ4v) is 3.94. The van der Waals surface area contributed by atoms with E-state index in [0.717, 1.165) is 0 Å². The van der Waals surface area contributed by atoms with Crippen LogP contribution in [0.25, 0.3) is 5.76 Å². The fourth-order valence-electron chi connectivity index (χ4n) is 3.74. The third-order valence-corrected chi connectivity index (χ3v) is 5.62. The van der Waals surface area contributed by atoms with Crippen LogP contribution in [0.15, 0.2) is 42.0 Å². The SMILES string of the molecule is CCOc1cc(C2/C(=C(/O)c3ccc(Cl)c(OC)c3)C(=O)C(=O)N2CCOC)ccc1OC. The van der Waals surface area contributed by atoms with Gasteiger partial charge in [-0.25, -0.2) is 0 Å². The lowest BCUT2D eigenvalue weighted by molar-refractivity contribution is -0.140. The monoisotopic (exact) mass is 475 g/mol. The third-order valence-electron chi connectivity index (χ3n) is 5.30. The Morgan fingerprint density at radius 1 is 1.03 bits per heavy atom. The van der Waals surface area contributed by atoms with Crippen LogP contribution < -0.4 is 14.2 Å². The number of likely N-dealkylation sites (tertiary alicyclic amines) is 1. The van der Waals surface area contributed by atoms with Crippen molar-refractivity contribution in [3.63, 3.8) is 0 Å². The highest BCUT2D eigenvalue weighted by Crippen LogP contribution is 2.42. The number of amides is 1. The smallest absolute Gasteiger partial charge is 0.295 e. The summed E-state index contributed by atoms with van der Waals surface area (Å²) in [6.45, 7) is 2.61. The van der Waals surface area contributed by atoms with E-state index in [2.05, 4.69) is 0 Å². The molecular weight excluding hydrogens is 450 g/mol. The van der Waals surface area contributed by atoms with Crippen molar-refractivity contribution in [3.8, 4) is 17.2 Å². The zero-order chi connectivity index (χ0) is 24.1. The zero-order valence-electron chi connectivity index (χ0n) is 18.9. The van der Waals surface area contributed by atoms with Gasteiger partial charge in [-0.2, -0.15) is 0 Å². The summed E-state index contributed by atoms with van der Waals surface area (Å²) in [7, 11) is 4.48. The Kier molecular flexibility index (Phi) is 7.84. The number of carbonyl (C=O) groups excluding carboxylic acids is 2. The predicted molar refractivity (Wildman–Crippen MR) is 123 cm³/mol. The summed E-state index contributed by atoms with van der Waals surface area (Å²) < 4.78 is 21.4. The Morgan fingerprint density at radius 2 is 1.76 bits per heavy atom. The molecule has 1 fully saturated rings. The van der Waals surface area contributed by atoms with Gasteiger partial charge in [0.25, 0.3) is 11.7 Å². The Labute approximate surface area is 197 Å². The molecular formula is C24H26ClNO7. The minimum Gasteiger partial charge on any atom is -0.507 e. The number of aliphatic hydroxyl groups excluding tert-OH is 1. The minimum absolute atomic E-state index is 0.0481. The number of benzene rings is 2. The summed E-state index contributed by atoms with van der Waals surface area (Å²) in [6, 6.07) is 8.89. The summed E-state index contributed by atoms with van der Waals surface area (Å²) in [4.78, 5) is 27.4. The molecule has 0 spiro atoms. The number of nitrogens with zero attached hydrogens (tertiary/aromatic N) is 1. The topological polar surface area (TPSA) is 94.5 Å². The molecule has 9 heteroatoms. The molecule has 1 aliphatic heterocycles. The second-order valence-corrected chi connectivity index (χ2v) is 7.59. The summed E-state index contributed by atoms with van der Waals surface area (Å²) >= 11 is 6.10. The number of hydrogen-bond acceptors (Lipinski definition) is 7. The average molecular weight is 476 g/mol. The molecule has 0 bridgehead atoms. The van der Waals surface area contributed by atoms with Gasteiger partial charge in [0.05, 0.1) is 44.1 Å². The van der Waals surface area contributed by atoms with Gasteiger partial charge in [0.1, 0.15) is 11.5 Å². The Balaban J connectivity index is 2.21. The summed E-state index contributed by atoms with van der Waals surface area (Å²) in [5.41, 5.74) is 0.828. The summed E-state index contributed by atoms with van der Waals surface area (Å²) in [5, 5.41) is 11.5. The van der Waals surface area contributed by atoms with Crippen molar-refractivity contribution in [2.75, 3.05) is 41.1 Å². The van der Waals surface area contributed by atoms with Crippen LogP contribution >= 0.6 is 11.6 Å². The molecule has 1 saturated heterocycles. The summed E-state index contributed by atoms with van der Waals surface area (Å²) in [5.74, 6) is -0.555. The Hall–Kier alpha value is -3.23. The van der Waals surface area contributed by atoms with E-state index in [9.17, 15) is 14.7 Å². The number of methoxy groups -OCH3 is 3. The highest BCUT2D eigenvalue weighted by molar-refractivity contribution is 6.46. The molecule has 0 aliphatic carbocycles. The van der Waals surface area contributed by atoms with Crippen LogP contribution in [0.1, 0.15) is 24.1 Å². The molecule has 2 aromatic rings. The van der Waals surface area contributed by atoms with Crippen LogP contribution in [-0.2, 0) is 14.3 Å². The number of ketones is 1. The van der Waals surface area contributed by atoms with E-state index in [4.69, 9.17) is 30.5 Å². The highest BCUT2D eigenvalue weighted by atomic mass is 35.5. The van der Waals surface area contributed by atoms with Crippen molar-refractivity contribution in [1.82, 2.24) is 4.90 Å². The van der Waals surface area contributed by atoms with E-state index < -0.39 is 17.7 Å². The third kappa shape index (κ3) is 4.77. The molecule has 2 aromatic carbocycles.